The molecule has 0 N–H and O–H groups in total. The Morgan fingerprint density at radius 2 is 1.50 bits per heavy atom. The lowest BCUT2D eigenvalue weighted by molar-refractivity contribution is -0.385. The molecule has 0 saturated carbocycles. The molecule has 0 saturated heterocycles. The highest BCUT2D eigenvalue weighted by molar-refractivity contribution is 6.11. The number of rotatable bonds is 3. The highest BCUT2D eigenvalue weighted by Gasteiger charge is 2.19. The van der Waals surface area contributed by atoms with Gasteiger partial charge in [-0.3, -0.25) is 19.8 Å². The zero-order valence-electron chi connectivity index (χ0n) is 10.2. The summed E-state index contributed by atoms with van der Waals surface area (Å²) < 4.78 is 0. The van der Waals surface area contributed by atoms with E-state index in [9.17, 15) is 14.9 Å². The Hall–Kier alpha value is -3.18. The first-order valence-electron chi connectivity index (χ1n) is 5.43. The van der Waals surface area contributed by atoms with Crippen LogP contribution < -0.4 is 0 Å². The molecule has 0 fully saturated rings. The SMILES string of the molecule is O=C(c1ccccc1)c1ccccc1[N+](=O)[O-].[N-]=[N+]=[N-]. The average Bonchev–Trinajstić information content (AvgIpc) is 2.48. The summed E-state index contributed by atoms with van der Waals surface area (Å²) in [7, 11) is 0. The van der Waals surface area contributed by atoms with E-state index in [2.05, 4.69) is 0 Å². The quantitative estimate of drug-likeness (QED) is 0.211. The van der Waals surface area contributed by atoms with Crippen LogP contribution in [0.15, 0.2) is 54.6 Å². The van der Waals surface area contributed by atoms with Crippen LogP contribution in [0.25, 0.3) is 16.0 Å². The third kappa shape index (κ3) is 3.66. The molecule has 0 aliphatic rings. The number of nitro benzene ring substituents is 1. The Morgan fingerprint density at radius 1 is 1.00 bits per heavy atom. The van der Waals surface area contributed by atoms with E-state index >= 15 is 0 Å². The predicted molar refractivity (Wildman–Crippen MR) is 73.0 cm³/mol. The number of ketones is 1. The summed E-state index contributed by atoms with van der Waals surface area (Å²) in [5, 5.41) is 10.8. The molecule has 0 aliphatic carbocycles. The second-order valence-corrected chi connectivity index (χ2v) is 3.56. The first-order chi connectivity index (χ1) is 9.61. The number of carbonyl (C=O) groups excluding carboxylic acids is 1. The van der Waals surface area contributed by atoms with Crippen LogP contribution in [0.4, 0.5) is 5.69 Å². The van der Waals surface area contributed by atoms with Crippen molar-refractivity contribution in [3.63, 3.8) is 0 Å². The Labute approximate surface area is 114 Å². The molecule has 0 aromatic heterocycles. The number of hydrogen-bond donors (Lipinski definition) is 0. The summed E-state index contributed by atoms with van der Waals surface area (Å²) in [5.41, 5.74) is 13.9. The zero-order valence-corrected chi connectivity index (χ0v) is 10.2. The molecule has 0 atom stereocenters. The van der Waals surface area contributed by atoms with Crippen molar-refractivity contribution >= 4 is 11.5 Å². The number of carbonyl (C=O) groups is 1. The van der Waals surface area contributed by atoms with Crippen molar-refractivity contribution in [2.24, 2.45) is 0 Å². The monoisotopic (exact) mass is 269 g/mol. The van der Waals surface area contributed by atoms with Crippen molar-refractivity contribution in [2.45, 2.75) is 0 Å². The summed E-state index contributed by atoms with van der Waals surface area (Å²) in [5.74, 6) is -0.335. The van der Waals surface area contributed by atoms with Crippen LogP contribution in [-0.4, -0.2) is 10.7 Å². The third-order valence-corrected chi connectivity index (χ3v) is 2.38. The van der Waals surface area contributed by atoms with Crippen molar-refractivity contribution < 1.29 is 9.72 Å². The van der Waals surface area contributed by atoms with Gasteiger partial charge in [0.1, 0.15) is 5.56 Å². The van der Waals surface area contributed by atoms with Crippen molar-refractivity contribution in [3.8, 4) is 0 Å². The molecule has 7 heteroatoms. The van der Waals surface area contributed by atoms with Gasteiger partial charge in [0.15, 0.2) is 5.78 Å². The van der Waals surface area contributed by atoms with E-state index in [1.54, 1.807) is 42.5 Å². The highest BCUT2D eigenvalue weighted by Crippen LogP contribution is 2.20. The minimum Gasteiger partial charge on any atom is -0.373 e. The fourth-order valence-electron chi connectivity index (χ4n) is 1.57. The van der Waals surface area contributed by atoms with Crippen molar-refractivity contribution in [3.05, 3.63) is 91.8 Å². The van der Waals surface area contributed by atoms with Crippen LogP contribution in [0.1, 0.15) is 15.9 Å². The van der Waals surface area contributed by atoms with Gasteiger partial charge in [0.25, 0.3) is 5.69 Å². The Morgan fingerprint density at radius 3 is 2.05 bits per heavy atom. The maximum absolute atomic E-state index is 12.1. The highest BCUT2D eigenvalue weighted by atomic mass is 16.6. The van der Waals surface area contributed by atoms with Gasteiger partial charge in [0, 0.05) is 11.6 Å². The lowest BCUT2D eigenvalue weighted by Gasteiger charge is -2.01. The number of benzene rings is 2. The molecule has 2 aromatic rings. The molecule has 0 unspecified atom stereocenters. The Bertz CT molecular complexity index is 650. The van der Waals surface area contributed by atoms with Gasteiger partial charge in [0.05, 0.1) is 4.92 Å². The molecule has 2 aromatic carbocycles. The molecule has 7 nitrogen and oxygen atoms in total. The van der Waals surface area contributed by atoms with Gasteiger partial charge in [0.2, 0.25) is 0 Å². The zero-order chi connectivity index (χ0) is 15.0. The fraction of sp³-hybridized carbons (Fsp3) is 0. The standard InChI is InChI=1S/C13H9NO3.N3/c15-13(10-6-2-1-3-7-10)11-8-4-5-9-12(11)14(16)17;1-3-2/h1-9H;/q;-1. The molecular weight excluding hydrogens is 260 g/mol. The van der Waals surface area contributed by atoms with E-state index in [4.69, 9.17) is 11.1 Å². The van der Waals surface area contributed by atoms with E-state index in [1.165, 1.54) is 17.0 Å². The third-order valence-electron chi connectivity index (χ3n) is 2.38. The van der Waals surface area contributed by atoms with E-state index in [1.807, 2.05) is 0 Å². The minimum absolute atomic E-state index is 0.115. The van der Waals surface area contributed by atoms with Gasteiger partial charge in [-0.05, 0) is 6.07 Å². The molecule has 0 aliphatic heterocycles. The Kier molecular flexibility index (Phi) is 5.43. The molecule has 100 valence electrons. The van der Waals surface area contributed by atoms with Gasteiger partial charge in [-0.15, -0.1) is 0 Å². The van der Waals surface area contributed by atoms with Crippen LogP contribution in [0.5, 0.6) is 0 Å². The van der Waals surface area contributed by atoms with E-state index < -0.39 is 4.92 Å². The van der Waals surface area contributed by atoms with E-state index in [-0.39, 0.29) is 17.0 Å². The van der Waals surface area contributed by atoms with Crippen LogP contribution >= 0.6 is 0 Å². The number of hydrogen-bond acceptors (Lipinski definition) is 3. The molecule has 0 amide bonds. The van der Waals surface area contributed by atoms with E-state index in [0.29, 0.717) is 5.56 Å². The van der Waals surface area contributed by atoms with E-state index in [0.717, 1.165) is 0 Å². The summed E-state index contributed by atoms with van der Waals surface area (Å²) in [6.45, 7) is 0. The summed E-state index contributed by atoms with van der Waals surface area (Å²) in [4.78, 5) is 23.8. The predicted octanol–water partition coefficient (Wildman–Crippen LogP) is 3.69. The largest absolute Gasteiger partial charge is 0.373 e. The lowest BCUT2D eigenvalue weighted by atomic mass is 10.0. The molecular formula is C13H9N4O3-. The van der Waals surface area contributed by atoms with Gasteiger partial charge >= 0.3 is 0 Å². The smallest absolute Gasteiger partial charge is 0.280 e. The minimum atomic E-state index is -0.545. The summed E-state index contributed by atoms with van der Waals surface area (Å²) >= 11 is 0. The molecule has 0 heterocycles. The van der Waals surface area contributed by atoms with Crippen LogP contribution in [0.3, 0.4) is 0 Å². The lowest BCUT2D eigenvalue weighted by Crippen LogP contribution is -2.04. The molecule has 2 rings (SSSR count). The summed E-state index contributed by atoms with van der Waals surface area (Å²) in [6, 6.07) is 14.5. The Balaban J connectivity index is 0.000000612. The second-order valence-electron chi connectivity index (χ2n) is 3.56. The van der Waals surface area contributed by atoms with Crippen molar-refractivity contribution in [1.29, 1.82) is 0 Å². The second kappa shape index (κ2) is 7.30. The number of para-hydroxylation sites is 1. The number of nitro groups is 1. The van der Waals surface area contributed by atoms with Gasteiger partial charge < -0.3 is 11.1 Å². The van der Waals surface area contributed by atoms with Crippen LogP contribution in [0, 0.1) is 10.1 Å². The summed E-state index contributed by atoms with van der Waals surface area (Å²) in [6.07, 6.45) is 0. The molecule has 20 heavy (non-hydrogen) atoms. The first kappa shape index (κ1) is 14.9. The normalized spacial score (nSPS) is 8.80. The number of nitrogens with zero attached hydrogens (tertiary/aromatic N) is 4. The molecule has 0 spiro atoms. The maximum atomic E-state index is 12.1. The van der Waals surface area contributed by atoms with Crippen molar-refractivity contribution in [2.75, 3.05) is 0 Å². The van der Waals surface area contributed by atoms with Crippen LogP contribution in [0.2, 0.25) is 0 Å². The fourth-order valence-corrected chi connectivity index (χ4v) is 1.57. The van der Waals surface area contributed by atoms with Crippen LogP contribution in [-0.2, 0) is 0 Å². The first-order valence-corrected chi connectivity index (χ1v) is 5.43. The molecule has 0 bridgehead atoms. The van der Waals surface area contributed by atoms with Gasteiger partial charge in [-0.1, -0.05) is 42.5 Å². The van der Waals surface area contributed by atoms with Gasteiger partial charge in [-0.2, -0.15) is 0 Å². The van der Waals surface area contributed by atoms with Crippen molar-refractivity contribution in [1.82, 2.24) is 0 Å². The topological polar surface area (TPSA) is 119 Å². The maximum Gasteiger partial charge on any atom is 0.280 e. The van der Waals surface area contributed by atoms with Gasteiger partial charge in [-0.25, -0.2) is 0 Å². The average molecular weight is 269 g/mol. The molecule has 0 radical (unpaired) electrons.